The van der Waals surface area contributed by atoms with E-state index in [1.807, 2.05) is 12.1 Å². The van der Waals surface area contributed by atoms with E-state index in [0.29, 0.717) is 6.54 Å². The Morgan fingerprint density at radius 1 is 1.29 bits per heavy atom. The Morgan fingerprint density at radius 3 is 2.86 bits per heavy atom. The smallest absolute Gasteiger partial charge is 0.173 e. The fourth-order valence-electron chi connectivity index (χ4n) is 4.01. The maximum absolute atomic E-state index is 5.76. The van der Waals surface area contributed by atoms with Gasteiger partial charge in [0.1, 0.15) is 5.76 Å². The Labute approximate surface area is 174 Å². The highest BCUT2D eigenvalue weighted by Gasteiger charge is 2.20. The second kappa shape index (κ2) is 10.1. The highest BCUT2D eigenvalue weighted by atomic mass is 32.1. The van der Waals surface area contributed by atoms with Crippen molar-refractivity contribution in [1.29, 1.82) is 0 Å². The second-order valence-electron chi connectivity index (χ2n) is 8.29. The van der Waals surface area contributed by atoms with Crippen molar-refractivity contribution in [3.8, 4) is 0 Å². The molecule has 4 nitrogen and oxygen atoms in total. The van der Waals surface area contributed by atoms with E-state index in [1.54, 1.807) is 11.2 Å². The molecule has 0 amide bonds. The Kier molecular flexibility index (Phi) is 7.51. The standard InChI is InChI=1S/C23H33N3OS/c1-18-7-4-11-25(16-18)12-6-13-26(17-22-8-5-14-27-22)23(28)24-21-10-9-19(2)20(3)15-21/h5,8-10,14-15,18H,4,6-7,11-13,16-17H2,1-3H3,(H,24,28)/p+1. The van der Waals surface area contributed by atoms with Gasteiger partial charge in [-0.3, -0.25) is 0 Å². The summed E-state index contributed by atoms with van der Waals surface area (Å²) in [4.78, 5) is 3.97. The maximum Gasteiger partial charge on any atom is 0.173 e. The lowest BCUT2D eigenvalue weighted by Crippen LogP contribution is -3.13. The number of nitrogens with one attached hydrogen (secondary N) is 2. The minimum atomic E-state index is 0.704. The summed E-state index contributed by atoms with van der Waals surface area (Å²) >= 11 is 5.76. The van der Waals surface area contributed by atoms with E-state index >= 15 is 0 Å². The third kappa shape index (κ3) is 6.08. The number of likely N-dealkylation sites (tertiary alicyclic amines) is 1. The van der Waals surface area contributed by atoms with Crippen LogP contribution in [-0.2, 0) is 6.54 Å². The Balaban J connectivity index is 1.58. The minimum Gasteiger partial charge on any atom is -0.467 e. The molecule has 2 N–H and O–H groups in total. The molecular formula is C23H34N3OS+. The molecule has 2 unspecified atom stereocenters. The van der Waals surface area contributed by atoms with Crippen LogP contribution in [0, 0.1) is 19.8 Å². The van der Waals surface area contributed by atoms with Crippen molar-refractivity contribution < 1.29 is 9.32 Å². The van der Waals surface area contributed by atoms with E-state index in [0.717, 1.165) is 35.4 Å². The third-order valence-corrected chi connectivity index (χ3v) is 6.16. The van der Waals surface area contributed by atoms with Crippen LogP contribution in [0.15, 0.2) is 41.0 Å². The molecule has 1 aliphatic rings. The van der Waals surface area contributed by atoms with E-state index in [4.69, 9.17) is 16.6 Å². The first-order valence-corrected chi connectivity index (χ1v) is 10.9. The molecule has 2 aromatic rings. The molecule has 0 saturated carbocycles. The van der Waals surface area contributed by atoms with E-state index in [1.165, 1.54) is 43.6 Å². The third-order valence-electron chi connectivity index (χ3n) is 5.79. The molecule has 5 heteroatoms. The van der Waals surface area contributed by atoms with Crippen molar-refractivity contribution in [2.45, 2.75) is 46.6 Å². The van der Waals surface area contributed by atoms with Gasteiger partial charge in [-0.05, 0) is 74.3 Å². The topological polar surface area (TPSA) is 32.9 Å². The molecule has 1 fully saturated rings. The summed E-state index contributed by atoms with van der Waals surface area (Å²) in [5, 5.41) is 4.19. The first kappa shape index (κ1) is 20.9. The zero-order valence-electron chi connectivity index (χ0n) is 17.5. The number of quaternary nitrogens is 1. The van der Waals surface area contributed by atoms with Crippen molar-refractivity contribution in [3.63, 3.8) is 0 Å². The first-order valence-electron chi connectivity index (χ1n) is 10.5. The first-order chi connectivity index (χ1) is 13.5. The molecule has 1 aliphatic heterocycles. The molecule has 28 heavy (non-hydrogen) atoms. The van der Waals surface area contributed by atoms with Gasteiger partial charge in [0.05, 0.1) is 32.4 Å². The van der Waals surface area contributed by atoms with E-state index < -0.39 is 0 Å². The normalized spacial score (nSPS) is 19.4. The highest BCUT2D eigenvalue weighted by Crippen LogP contribution is 2.16. The average Bonchev–Trinajstić information content (AvgIpc) is 3.17. The fourth-order valence-corrected chi connectivity index (χ4v) is 4.28. The van der Waals surface area contributed by atoms with Gasteiger partial charge < -0.3 is 19.5 Å². The van der Waals surface area contributed by atoms with Gasteiger partial charge in [-0.25, -0.2) is 0 Å². The van der Waals surface area contributed by atoms with Crippen molar-refractivity contribution in [3.05, 3.63) is 53.5 Å². The number of piperidine rings is 1. The van der Waals surface area contributed by atoms with Gasteiger partial charge in [-0.1, -0.05) is 13.0 Å². The molecule has 0 radical (unpaired) electrons. The van der Waals surface area contributed by atoms with E-state index in [-0.39, 0.29) is 0 Å². The Bertz CT molecular complexity index is 759. The van der Waals surface area contributed by atoms with E-state index in [2.05, 4.69) is 49.2 Å². The summed E-state index contributed by atoms with van der Waals surface area (Å²) < 4.78 is 5.58. The molecular weight excluding hydrogens is 366 g/mol. The van der Waals surface area contributed by atoms with Crippen LogP contribution in [-0.4, -0.2) is 36.2 Å². The number of furan rings is 1. The van der Waals surface area contributed by atoms with Gasteiger partial charge >= 0.3 is 0 Å². The number of rotatable bonds is 7. The molecule has 152 valence electrons. The van der Waals surface area contributed by atoms with Gasteiger partial charge in [-0.2, -0.15) is 0 Å². The molecule has 0 bridgehead atoms. The summed E-state index contributed by atoms with van der Waals surface area (Å²) in [6.45, 7) is 12.1. The maximum atomic E-state index is 5.76. The van der Waals surface area contributed by atoms with Crippen molar-refractivity contribution in [2.75, 3.05) is 31.5 Å². The lowest BCUT2D eigenvalue weighted by Gasteiger charge is -2.29. The average molecular weight is 401 g/mol. The van der Waals surface area contributed by atoms with Gasteiger partial charge in [-0.15, -0.1) is 0 Å². The summed E-state index contributed by atoms with van der Waals surface area (Å²) in [5.74, 6) is 1.80. The SMILES string of the molecule is Cc1ccc(NC(=S)N(CCC[NH+]2CCCC(C)C2)Cc2ccco2)cc1C. The van der Waals surface area contributed by atoms with Gasteiger partial charge in [0, 0.05) is 24.6 Å². The van der Waals surface area contributed by atoms with Crippen LogP contribution in [0.3, 0.4) is 0 Å². The van der Waals surface area contributed by atoms with E-state index in [9.17, 15) is 0 Å². The van der Waals surface area contributed by atoms with Crippen molar-refractivity contribution in [2.24, 2.45) is 5.92 Å². The number of hydrogen-bond acceptors (Lipinski definition) is 2. The zero-order chi connectivity index (χ0) is 19.9. The van der Waals surface area contributed by atoms with Gasteiger partial charge in [0.25, 0.3) is 0 Å². The lowest BCUT2D eigenvalue weighted by atomic mass is 10.0. The highest BCUT2D eigenvalue weighted by molar-refractivity contribution is 7.80. The summed E-state index contributed by atoms with van der Waals surface area (Å²) in [6, 6.07) is 10.3. The molecule has 1 aromatic heterocycles. The number of thiocarbonyl (C=S) groups is 1. The molecule has 1 saturated heterocycles. The minimum absolute atomic E-state index is 0.704. The zero-order valence-corrected chi connectivity index (χ0v) is 18.3. The molecule has 3 rings (SSSR count). The van der Waals surface area contributed by atoms with Crippen molar-refractivity contribution >= 4 is 23.0 Å². The summed E-state index contributed by atoms with van der Waals surface area (Å²) in [7, 11) is 0. The monoisotopic (exact) mass is 400 g/mol. The molecule has 0 aliphatic carbocycles. The summed E-state index contributed by atoms with van der Waals surface area (Å²) in [5.41, 5.74) is 3.61. The fraction of sp³-hybridized carbons (Fsp3) is 0.522. The van der Waals surface area contributed by atoms with Gasteiger partial charge in [0.2, 0.25) is 0 Å². The Morgan fingerprint density at radius 2 is 2.14 bits per heavy atom. The second-order valence-corrected chi connectivity index (χ2v) is 8.67. The van der Waals surface area contributed by atoms with Crippen LogP contribution in [0.25, 0.3) is 0 Å². The largest absolute Gasteiger partial charge is 0.467 e. The number of anilines is 1. The van der Waals surface area contributed by atoms with Crippen LogP contribution in [0.5, 0.6) is 0 Å². The number of aryl methyl sites for hydroxylation is 2. The van der Waals surface area contributed by atoms with Gasteiger partial charge in [0.15, 0.2) is 5.11 Å². The quantitative estimate of drug-likeness (QED) is 0.693. The lowest BCUT2D eigenvalue weighted by molar-refractivity contribution is -0.908. The van der Waals surface area contributed by atoms with Crippen LogP contribution in [0.4, 0.5) is 5.69 Å². The van der Waals surface area contributed by atoms with Crippen molar-refractivity contribution in [1.82, 2.24) is 4.90 Å². The van der Waals surface area contributed by atoms with Crippen LogP contribution in [0.1, 0.15) is 43.1 Å². The molecule has 2 atom stereocenters. The van der Waals surface area contributed by atoms with Crippen LogP contribution >= 0.6 is 12.2 Å². The predicted octanol–water partition coefficient (Wildman–Crippen LogP) is 3.80. The number of benzene rings is 1. The number of hydrogen-bond donors (Lipinski definition) is 2. The predicted molar refractivity (Wildman–Crippen MR) is 120 cm³/mol. The van der Waals surface area contributed by atoms with Crippen LogP contribution in [0.2, 0.25) is 0 Å². The number of nitrogens with zero attached hydrogens (tertiary/aromatic N) is 1. The Hall–Kier alpha value is -1.85. The summed E-state index contributed by atoms with van der Waals surface area (Å²) in [6.07, 6.45) is 5.61. The molecule has 1 aromatic carbocycles. The molecule has 2 heterocycles. The molecule has 0 spiro atoms. The van der Waals surface area contributed by atoms with Crippen LogP contribution < -0.4 is 10.2 Å².